The minimum atomic E-state index is -0.963. The molecule has 1 amide bonds. The van der Waals surface area contributed by atoms with E-state index >= 15 is 0 Å². The number of anilines is 1. The maximum Gasteiger partial charge on any atom is 0.246 e. The van der Waals surface area contributed by atoms with Crippen LogP contribution in [0.25, 0.3) is 0 Å². The summed E-state index contributed by atoms with van der Waals surface area (Å²) in [5.41, 5.74) is 5.12. The average molecular weight is 311 g/mol. The Bertz CT molecular complexity index is 580. The second kappa shape index (κ2) is 4.90. The smallest absolute Gasteiger partial charge is 0.246 e. The highest BCUT2D eigenvalue weighted by atomic mass is 35.5. The van der Waals surface area contributed by atoms with Gasteiger partial charge in [0, 0.05) is 24.0 Å². The van der Waals surface area contributed by atoms with Crippen LogP contribution in [0, 0.1) is 11.3 Å². The molecule has 0 bridgehead atoms. The second-order valence-corrected chi connectivity index (χ2v) is 6.70. The molecule has 1 saturated carbocycles. The van der Waals surface area contributed by atoms with Crippen LogP contribution in [0.15, 0.2) is 12.4 Å². The van der Waals surface area contributed by atoms with Crippen molar-refractivity contribution in [3.05, 3.63) is 17.5 Å². The second-order valence-electron chi connectivity index (χ2n) is 6.31. The van der Waals surface area contributed by atoms with E-state index in [1.54, 1.807) is 0 Å². The van der Waals surface area contributed by atoms with E-state index in [4.69, 9.17) is 22.1 Å². The minimum absolute atomic E-state index is 0.0380. The van der Waals surface area contributed by atoms with Crippen LogP contribution in [-0.2, 0) is 9.53 Å². The lowest BCUT2D eigenvalue weighted by atomic mass is 9.46. The Morgan fingerprint density at radius 1 is 1.52 bits per heavy atom. The summed E-state index contributed by atoms with van der Waals surface area (Å²) in [6.07, 6.45) is 3.18. The Hall–Kier alpha value is -1.24. The van der Waals surface area contributed by atoms with Gasteiger partial charge in [-0.3, -0.25) is 4.79 Å². The van der Waals surface area contributed by atoms with Gasteiger partial charge in [0.15, 0.2) is 0 Å². The quantitative estimate of drug-likeness (QED) is 0.810. The van der Waals surface area contributed by atoms with E-state index < -0.39 is 11.0 Å². The number of ether oxygens (including phenoxy) is 1. The molecule has 2 heterocycles. The monoisotopic (exact) mass is 310 g/mol. The van der Waals surface area contributed by atoms with E-state index in [1.807, 2.05) is 13.8 Å². The molecule has 21 heavy (non-hydrogen) atoms. The number of fused-ring (bicyclic) bond motifs is 1. The predicted octanol–water partition coefficient (Wildman–Crippen LogP) is 1.60. The number of amides is 1. The third-order valence-corrected chi connectivity index (χ3v) is 5.14. The molecule has 3 unspecified atom stereocenters. The summed E-state index contributed by atoms with van der Waals surface area (Å²) >= 11 is 5.80. The largest absolute Gasteiger partial charge is 0.377 e. The molecule has 2 fully saturated rings. The van der Waals surface area contributed by atoms with Gasteiger partial charge in [-0.25, -0.2) is 9.97 Å². The molecule has 7 heteroatoms. The molecule has 1 aromatic rings. The molecule has 1 aliphatic carbocycles. The van der Waals surface area contributed by atoms with Crippen molar-refractivity contribution in [2.75, 3.05) is 11.9 Å². The average Bonchev–Trinajstić information content (AvgIpc) is 2.46. The van der Waals surface area contributed by atoms with Gasteiger partial charge < -0.3 is 15.8 Å². The van der Waals surface area contributed by atoms with Crippen molar-refractivity contribution in [1.29, 1.82) is 0 Å². The van der Waals surface area contributed by atoms with Crippen LogP contribution in [0.5, 0.6) is 0 Å². The van der Waals surface area contributed by atoms with E-state index in [0.29, 0.717) is 5.82 Å². The number of hydrogen-bond donors (Lipinski definition) is 2. The van der Waals surface area contributed by atoms with Gasteiger partial charge in [0.1, 0.15) is 22.8 Å². The molecule has 0 radical (unpaired) electrons. The zero-order valence-electron chi connectivity index (χ0n) is 12.1. The molecule has 6 nitrogen and oxygen atoms in total. The number of halogens is 1. The molecule has 3 N–H and O–H groups in total. The lowest BCUT2D eigenvalue weighted by Crippen LogP contribution is -2.81. The molecule has 114 valence electrons. The van der Waals surface area contributed by atoms with Gasteiger partial charge in [-0.05, 0) is 12.8 Å². The maximum atomic E-state index is 12.7. The van der Waals surface area contributed by atoms with Crippen molar-refractivity contribution in [1.82, 2.24) is 9.97 Å². The highest BCUT2D eigenvalue weighted by Gasteiger charge is 2.70. The van der Waals surface area contributed by atoms with E-state index in [-0.39, 0.29) is 23.1 Å². The van der Waals surface area contributed by atoms with Gasteiger partial charge in [-0.15, -0.1) is 0 Å². The lowest BCUT2D eigenvalue weighted by Gasteiger charge is -2.65. The summed E-state index contributed by atoms with van der Waals surface area (Å²) in [5.74, 6) is 0.161. The van der Waals surface area contributed by atoms with Crippen LogP contribution in [-0.4, -0.2) is 34.1 Å². The SMILES string of the molecule is CC1(C)C2OCCCC2C1(N)C(=O)Nc1cc(Cl)ncn1. The van der Waals surface area contributed by atoms with E-state index in [2.05, 4.69) is 15.3 Å². The highest BCUT2D eigenvalue weighted by Crippen LogP contribution is 2.57. The minimum Gasteiger partial charge on any atom is -0.377 e. The summed E-state index contributed by atoms with van der Waals surface area (Å²) < 4.78 is 5.80. The van der Waals surface area contributed by atoms with Crippen molar-refractivity contribution in [3.8, 4) is 0 Å². The molecular formula is C14H19ClN4O2. The summed E-state index contributed by atoms with van der Waals surface area (Å²) in [6, 6.07) is 1.50. The number of rotatable bonds is 2. The molecule has 0 aromatic carbocycles. The van der Waals surface area contributed by atoms with Gasteiger partial charge in [-0.2, -0.15) is 0 Å². The number of carbonyl (C=O) groups is 1. The van der Waals surface area contributed by atoms with Crippen molar-refractivity contribution in [3.63, 3.8) is 0 Å². The fourth-order valence-corrected chi connectivity index (χ4v) is 3.81. The Labute approximate surface area is 128 Å². The molecule has 3 atom stereocenters. The topological polar surface area (TPSA) is 90.1 Å². The first-order valence-corrected chi connectivity index (χ1v) is 7.44. The highest BCUT2D eigenvalue weighted by molar-refractivity contribution is 6.29. The van der Waals surface area contributed by atoms with E-state index in [9.17, 15) is 4.79 Å². The molecule has 0 spiro atoms. The normalized spacial score (nSPS) is 33.7. The zero-order chi connectivity index (χ0) is 15.3. The van der Waals surface area contributed by atoms with Gasteiger partial charge in [0.05, 0.1) is 6.10 Å². The standard InChI is InChI=1S/C14H19ClN4O2/c1-13(2)11-8(4-3-5-21-11)14(13,16)12(20)19-10-6-9(15)17-7-18-10/h6-8,11H,3-5,16H2,1-2H3,(H,17,18,19,20). The van der Waals surface area contributed by atoms with Crippen molar-refractivity contribution < 1.29 is 9.53 Å². The lowest BCUT2D eigenvalue weighted by molar-refractivity contribution is -0.222. The predicted molar refractivity (Wildman–Crippen MR) is 78.8 cm³/mol. The van der Waals surface area contributed by atoms with Crippen LogP contribution in [0.1, 0.15) is 26.7 Å². The zero-order valence-corrected chi connectivity index (χ0v) is 12.9. The maximum absolute atomic E-state index is 12.7. The first-order chi connectivity index (χ1) is 9.87. The third-order valence-electron chi connectivity index (χ3n) is 4.94. The van der Waals surface area contributed by atoms with Crippen LogP contribution in [0.4, 0.5) is 5.82 Å². The van der Waals surface area contributed by atoms with E-state index in [1.165, 1.54) is 12.4 Å². The number of nitrogens with zero attached hydrogens (tertiary/aromatic N) is 2. The van der Waals surface area contributed by atoms with Gasteiger partial charge >= 0.3 is 0 Å². The fraction of sp³-hybridized carbons (Fsp3) is 0.643. The van der Waals surface area contributed by atoms with Gasteiger partial charge in [0.25, 0.3) is 0 Å². The Morgan fingerprint density at radius 3 is 3.00 bits per heavy atom. The summed E-state index contributed by atoms with van der Waals surface area (Å²) in [6.45, 7) is 4.70. The molecule has 1 aromatic heterocycles. The van der Waals surface area contributed by atoms with E-state index in [0.717, 1.165) is 19.4 Å². The molecule has 1 saturated heterocycles. The number of carbonyl (C=O) groups excluding carboxylic acids is 1. The first-order valence-electron chi connectivity index (χ1n) is 7.07. The van der Waals surface area contributed by atoms with Crippen LogP contribution in [0.3, 0.4) is 0 Å². The molecule has 2 aliphatic rings. The number of nitrogens with one attached hydrogen (secondary N) is 1. The van der Waals surface area contributed by atoms with Crippen LogP contribution >= 0.6 is 11.6 Å². The van der Waals surface area contributed by atoms with Crippen LogP contribution < -0.4 is 11.1 Å². The van der Waals surface area contributed by atoms with Crippen LogP contribution in [0.2, 0.25) is 5.15 Å². The molecular weight excluding hydrogens is 292 g/mol. The fourth-order valence-electron chi connectivity index (χ4n) is 3.66. The van der Waals surface area contributed by atoms with Gasteiger partial charge in [0.2, 0.25) is 5.91 Å². The summed E-state index contributed by atoms with van der Waals surface area (Å²) in [7, 11) is 0. The van der Waals surface area contributed by atoms with Crippen molar-refractivity contribution in [2.45, 2.75) is 38.3 Å². The third kappa shape index (κ3) is 2.05. The first kappa shape index (κ1) is 14.7. The summed E-state index contributed by atoms with van der Waals surface area (Å²) in [5, 5.41) is 3.03. The van der Waals surface area contributed by atoms with Crippen molar-refractivity contribution >= 4 is 23.3 Å². The Kier molecular flexibility index (Phi) is 3.43. The number of hydrogen-bond acceptors (Lipinski definition) is 5. The van der Waals surface area contributed by atoms with Crippen molar-refractivity contribution in [2.24, 2.45) is 17.1 Å². The number of nitrogens with two attached hydrogens (primary N) is 1. The molecule has 3 rings (SSSR count). The van der Waals surface area contributed by atoms with Gasteiger partial charge in [-0.1, -0.05) is 25.4 Å². The number of aromatic nitrogens is 2. The summed E-state index contributed by atoms with van der Waals surface area (Å²) in [4.78, 5) is 20.5. The Balaban J connectivity index is 1.83. The molecule has 1 aliphatic heterocycles. The Morgan fingerprint density at radius 2 is 2.29 bits per heavy atom.